The summed E-state index contributed by atoms with van der Waals surface area (Å²) in [6.45, 7) is 0. The van der Waals surface area contributed by atoms with Crippen LogP contribution >= 0.6 is 0 Å². The molecule has 8 N–H and O–H groups in total. The maximum atomic E-state index is 14.1. The van der Waals surface area contributed by atoms with Crippen LogP contribution in [-0.4, -0.2) is 88.5 Å². The number of aromatic hydroxyl groups is 1. The van der Waals surface area contributed by atoms with E-state index in [2.05, 4.69) is 10.9 Å². The summed E-state index contributed by atoms with van der Waals surface area (Å²) in [5.74, 6) is -7.54. The molecule has 5 rings (SSSR count). The van der Waals surface area contributed by atoms with E-state index in [0.29, 0.717) is 11.3 Å². The molecular weight excluding hydrogens is 558 g/mol. The molecule has 0 saturated heterocycles. The number of ketones is 2. The Morgan fingerprint density at radius 3 is 2.28 bits per heavy atom. The first-order valence-electron chi connectivity index (χ1n) is 14.5. The van der Waals surface area contributed by atoms with Crippen molar-refractivity contribution in [1.82, 2.24) is 10.3 Å². The molecule has 232 valence electrons. The predicted molar refractivity (Wildman–Crippen MR) is 157 cm³/mol. The van der Waals surface area contributed by atoms with Crippen molar-refractivity contribution in [2.75, 3.05) is 38.5 Å². The van der Waals surface area contributed by atoms with E-state index < -0.39 is 63.8 Å². The fourth-order valence-electron chi connectivity index (χ4n) is 7.38. The maximum absolute atomic E-state index is 14.1. The summed E-state index contributed by atoms with van der Waals surface area (Å²) >= 11 is 0. The number of carbonyl (C=O) groups excluding carboxylic acids is 4. The Morgan fingerprint density at radius 2 is 1.70 bits per heavy atom. The van der Waals surface area contributed by atoms with Crippen molar-refractivity contribution in [3.63, 3.8) is 0 Å². The minimum Gasteiger partial charge on any atom is -0.508 e. The van der Waals surface area contributed by atoms with Gasteiger partial charge in [-0.25, -0.2) is 0 Å². The lowest BCUT2D eigenvalue weighted by Crippen LogP contribution is -2.65. The van der Waals surface area contributed by atoms with Crippen molar-refractivity contribution in [2.24, 2.45) is 23.5 Å². The molecule has 4 aliphatic rings. The Morgan fingerprint density at radius 1 is 1.05 bits per heavy atom. The molecule has 1 aromatic carbocycles. The normalized spacial score (nSPS) is 27.4. The number of hydrazine groups is 1. The molecule has 1 aromatic rings. The number of nitrogens with one attached hydrogen (secondary N) is 2. The summed E-state index contributed by atoms with van der Waals surface area (Å²) in [5.41, 5.74) is 8.15. The molecule has 13 heteroatoms. The number of benzene rings is 1. The van der Waals surface area contributed by atoms with Crippen LogP contribution in [0.25, 0.3) is 5.76 Å². The standard InChI is InChI=1S/C30H39N5O8/c1-34(2)18-12-17(32-33-29(42)13-8-6-5-7-9-13)23(36)20-15(18)10-14-11-16-22(35(3)4)25(38)21(28(31)41)27(40)30(16,43)26(39)19(14)24(20)37/h12-14,16,22,32,36-37,40,43H,5-11H2,1-4H3,(H2,31,41)(H,33,42)/t14?,16?,22-,30-/m0/s1. The molecular formula is C30H39N5O8. The zero-order valence-electron chi connectivity index (χ0n) is 24.7. The van der Waals surface area contributed by atoms with Gasteiger partial charge in [-0.2, -0.15) is 0 Å². The van der Waals surface area contributed by atoms with Gasteiger partial charge in [0.05, 0.1) is 17.3 Å². The third-order valence-corrected chi connectivity index (χ3v) is 9.48. The fraction of sp³-hybridized carbons (Fsp3) is 0.533. The molecule has 0 aromatic heterocycles. The average Bonchev–Trinajstić information content (AvgIpc) is 2.94. The van der Waals surface area contributed by atoms with Crippen LogP contribution in [0.15, 0.2) is 23.0 Å². The van der Waals surface area contributed by atoms with Crippen molar-refractivity contribution in [3.8, 4) is 5.75 Å². The lowest BCUT2D eigenvalue weighted by atomic mass is 9.57. The molecule has 0 bridgehead atoms. The monoisotopic (exact) mass is 597 g/mol. The van der Waals surface area contributed by atoms with E-state index in [1.807, 2.05) is 0 Å². The molecule has 2 unspecified atom stereocenters. The number of hydrogen-bond donors (Lipinski definition) is 7. The highest BCUT2D eigenvalue weighted by molar-refractivity contribution is 6.24. The van der Waals surface area contributed by atoms with Gasteiger partial charge in [0.25, 0.3) is 5.91 Å². The van der Waals surface area contributed by atoms with Gasteiger partial charge in [0.1, 0.15) is 17.1 Å². The second kappa shape index (κ2) is 10.9. The number of Topliss-reactive ketones (excluding diaryl/α,β-unsaturated/α-hetero) is 2. The predicted octanol–water partition coefficient (Wildman–Crippen LogP) is 1.05. The van der Waals surface area contributed by atoms with Gasteiger partial charge in [0, 0.05) is 37.2 Å². The van der Waals surface area contributed by atoms with Gasteiger partial charge in [-0.05, 0) is 57.3 Å². The maximum Gasteiger partial charge on any atom is 0.255 e. The number of amides is 2. The molecule has 0 aliphatic heterocycles. The highest BCUT2D eigenvalue weighted by atomic mass is 16.3. The molecule has 43 heavy (non-hydrogen) atoms. The number of anilines is 2. The minimum absolute atomic E-state index is 0.00314. The molecule has 4 aliphatic carbocycles. The highest BCUT2D eigenvalue weighted by Crippen LogP contribution is 2.54. The van der Waals surface area contributed by atoms with E-state index in [0.717, 1.165) is 32.1 Å². The van der Waals surface area contributed by atoms with E-state index >= 15 is 0 Å². The minimum atomic E-state index is -2.71. The molecule has 2 saturated carbocycles. The topological polar surface area (TPSA) is 206 Å². The first-order valence-corrected chi connectivity index (χ1v) is 14.5. The number of primary amides is 1. The van der Waals surface area contributed by atoms with Gasteiger partial charge >= 0.3 is 0 Å². The van der Waals surface area contributed by atoms with Gasteiger partial charge in [-0.3, -0.25) is 34.9 Å². The molecule has 2 amide bonds. The average molecular weight is 598 g/mol. The van der Waals surface area contributed by atoms with Crippen molar-refractivity contribution < 1.29 is 39.6 Å². The van der Waals surface area contributed by atoms with E-state index in [9.17, 15) is 39.6 Å². The molecule has 13 nitrogen and oxygen atoms in total. The molecule has 0 heterocycles. The SMILES string of the molecule is CN(C)c1cc(NNC(=O)C2CCCCC2)c(O)c2c1CC1CC3[C@H](N(C)C)C(=O)C(C(N)=O)=C(O)[C@@]3(O)C(=O)C1=C2O. The second-order valence-electron chi connectivity index (χ2n) is 12.5. The van der Waals surface area contributed by atoms with Crippen LogP contribution in [0.3, 0.4) is 0 Å². The van der Waals surface area contributed by atoms with Crippen LogP contribution in [0.1, 0.15) is 49.7 Å². The van der Waals surface area contributed by atoms with Crippen LogP contribution in [0, 0.1) is 17.8 Å². The van der Waals surface area contributed by atoms with Gasteiger partial charge in [-0.15, -0.1) is 0 Å². The quantitative estimate of drug-likeness (QED) is 0.140. The van der Waals surface area contributed by atoms with Crippen LogP contribution in [0.5, 0.6) is 5.75 Å². The lowest BCUT2D eigenvalue weighted by molar-refractivity contribution is -0.153. The van der Waals surface area contributed by atoms with Crippen molar-refractivity contribution >= 4 is 40.5 Å². The van der Waals surface area contributed by atoms with Gasteiger partial charge in [-0.1, -0.05) is 19.3 Å². The number of phenolic OH excluding ortho intramolecular Hbond substituents is 1. The molecule has 0 radical (unpaired) electrons. The Labute approximate surface area is 249 Å². The summed E-state index contributed by atoms with van der Waals surface area (Å²) < 4.78 is 0. The molecule has 2 fully saturated rings. The number of fused-ring (bicyclic) bond motifs is 3. The number of aliphatic hydroxyl groups is 3. The van der Waals surface area contributed by atoms with Crippen molar-refractivity contribution in [1.29, 1.82) is 0 Å². The first kappa shape index (κ1) is 30.4. The number of hydrogen-bond acceptors (Lipinski definition) is 11. The van der Waals surface area contributed by atoms with Crippen LogP contribution in [0.2, 0.25) is 0 Å². The van der Waals surface area contributed by atoms with Crippen molar-refractivity contribution in [3.05, 3.63) is 34.1 Å². The number of carbonyl (C=O) groups is 4. The molecule has 4 atom stereocenters. The van der Waals surface area contributed by atoms with Gasteiger partial charge in [0.2, 0.25) is 11.7 Å². The van der Waals surface area contributed by atoms with E-state index in [4.69, 9.17) is 5.73 Å². The van der Waals surface area contributed by atoms with Gasteiger partial charge in [0.15, 0.2) is 17.1 Å². The number of phenols is 1. The third-order valence-electron chi connectivity index (χ3n) is 9.48. The largest absolute Gasteiger partial charge is 0.508 e. The first-order chi connectivity index (χ1) is 20.2. The summed E-state index contributed by atoms with van der Waals surface area (Å²) in [5, 5.41) is 45.8. The van der Waals surface area contributed by atoms with Gasteiger partial charge < -0.3 is 31.1 Å². The number of aliphatic hydroxyl groups excluding tert-OH is 2. The number of likely N-dealkylation sites (N-methyl/N-ethyl adjacent to an activating group) is 1. The van der Waals surface area contributed by atoms with Crippen LogP contribution in [0.4, 0.5) is 11.4 Å². The Bertz CT molecular complexity index is 1470. The van der Waals surface area contributed by atoms with Crippen LogP contribution < -0.4 is 21.5 Å². The summed E-state index contributed by atoms with van der Waals surface area (Å²) in [6.07, 6.45) is 4.71. The fourth-order valence-corrected chi connectivity index (χ4v) is 7.38. The zero-order chi connectivity index (χ0) is 31.5. The second-order valence-corrected chi connectivity index (χ2v) is 12.5. The highest BCUT2D eigenvalue weighted by Gasteiger charge is 2.64. The summed E-state index contributed by atoms with van der Waals surface area (Å²) in [4.78, 5) is 55.5. The lowest BCUT2D eigenvalue weighted by Gasteiger charge is -2.50. The van der Waals surface area contributed by atoms with E-state index in [-0.39, 0.29) is 41.5 Å². The Balaban J connectivity index is 1.61. The third kappa shape index (κ3) is 4.61. The Kier molecular flexibility index (Phi) is 7.68. The summed E-state index contributed by atoms with van der Waals surface area (Å²) in [7, 11) is 6.65. The number of rotatable bonds is 6. The summed E-state index contributed by atoms with van der Waals surface area (Å²) in [6, 6.07) is 0.480. The number of nitrogens with two attached hydrogens (primary N) is 1. The Hall–Kier alpha value is -4.10. The van der Waals surface area contributed by atoms with E-state index in [1.54, 1.807) is 39.2 Å². The smallest absolute Gasteiger partial charge is 0.255 e. The van der Waals surface area contributed by atoms with E-state index in [1.165, 1.54) is 4.90 Å². The molecule has 0 spiro atoms. The zero-order valence-corrected chi connectivity index (χ0v) is 24.7. The number of nitrogens with zero attached hydrogens (tertiary/aromatic N) is 2. The van der Waals surface area contributed by atoms with Crippen molar-refractivity contribution in [2.45, 2.75) is 56.6 Å². The van der Waals surface area contributed by atoms with Crippen LogP contribution in [-0.2, 0) is 25.6 Å².